The van der Waals surface area contributed by atoms with Gasteiger partial charge in [0.1, 0.15) is 17.0 Å². The number of hydrogen-bond acceptors (Lipinski definition) is 7. The number of halogens is 3. The van der Waals surface area contributed by atoms with Crippen molar-refractivity contribution in [1.29, 1.82) is 0 Å². The Hall–Kier alpha value is -3.80. The number of alkyl halides is 3. The number of benzene rings is 3. The molecule has 0 spiro atoms. The molecule has 0 amide bonds. The smallest absolute Gasteiger partial charge is 0.416 e. The molecule has 11 heteroatoms. The molecule has 0 radical (unpaired) electrons. The zero-order chi connectivity index (χ0) is 32.1. The van der Waals surface area contributed by atoms with E-state index >= 15 is 0 Å². The molecule has 2 atom stereocenters. The van der Waals surface area contributed by atoms with Crippen LogP contribution in [0, 0.1) is 0 Å². The molecule has 1 N–H and O–H groups in total. The van der Waals surface area contributed by atoms with Crippen LogP contribution in [0.25, 0.3) is 22.1 Å². The highest BCUT2D eigenvalue weighted by Crippen LogP contribution is 2.32. The Balaban J connectivity index is 0.000000305. The first-order valence-corrected chi connectivity index (χ1v) is 15.2. The van der Waals surface area contributed by atoms with Gasteiger partial charge < -0.3 is 19.0 Å². The number of para-hydroxylation sites is 1. The maximum Gasteiger partial charge on any atom is 0.416 e. The van der Waals surface area contributed by atoms with E-state index in [9.17, 15) is 31.5 Å². The largest absolute Gasteiger partial charge is 0.766 e. The predicted octanol–water partition coefficient (Wildman–Crippen LogP) is 7.25. The average Bonchev–Trinajstić information content (AvgIpc) is 3.66. The number of ether oxygens (including phenoxy) is 1. The monoisotopic (exact) mass is 628 g/mol. The number of aryl methyl sites for hydroxylation is 1. The number of hydrogen-bond donors (Lipinski definition) is 1. The minimum absolute atomic E-state index is 0.0174. The Morgan fingerprint density at radius 1 is 1.00 bits per heavy atom. The zero-order valence-electron chi connectivity index (χ0n) is 24.5. The van der Waals surface area contributed by atoms with Crippen LogP contribution in [0.3, 0.4) is 0 Å². The second kappa shape index (κ2) is 13.9. The molecule has 234 valence electrons. The Kier molecular flexibility index (Phi) is 10.4. The number of ketones is 1. The lowest BCUT2D eigenvalue weighted by Gasteiger charge is -2.20. The number of carbonyl (C=O) groups is 2. The van der Waals surface area contributed by atoms with Crippen LogP contribution >= 0.6 is 0 Å². The highest BCUT2D eigenvalue weighted by molar-refractivity contribution is 7.79. The van der Waals surface area contributed by atoms with Gasteiger partial charge in [0, 0.05) is 22.9 Å². The second-order valence-corrected chi connectivity index (χ2v) is 12.3. The molecule has 44 heavy (non-hydrogen) atoms. The Morgan fingerprint density at radius 3 is 2.30 bits per heavy atom. The summed E-state index contributed by atoms with van der Waals surface area (Å²) >= 11 is -2.28. The van der Waals surface area contributed by atoms with Crippen LogP contribution in [0.1, 0.15) is 61.5 Å². The van der Waals surface area contributed by atoms with Gasteiger partial charge in [-0.05, 0) is 99.7 Å². The van der Waals surface area contributed by atoms with Gasteiger partial charge in [-0.1, -0.05) is 36.4 Å². The van der Waals surface area contributed by atoms with E-state index in [1.54, 1.807) is 51.1 Å². The number of fused-ring (bicyclic) bond motifs is 1. The molecule has 7 nitrogen and oxygen atoms in total. The normalized spacial score (nSPS) is 15.8. The van der Waals surface area contributed by atoms with Gasteiger partial charge in [0.2, 0.25) is 0 Å². The molecule has 1 fully saturated rings. The summed E-state index contributed by atoms with van der Waals surface area (Å²) in [7, 11) is 0. The van der Waals surface area contributed by atoms with E-state index in [0.29, 0.717) is 35.1 Å². The maximum absolute atomic E-state index is 12.9. The van der Waals surface area contributed by atoms with Crippen LogP contribution in [-0.4, -0.2) is 38.7 Å². The topological polar surface area (TPSA) is 109 Å². The summed E-state index contributed by atoms with van der Waals surface area (Å²) in [5, 5.41) is 3.97. The van der Waals surface area contributed by atoms with Crippen molar-refractivity contribution in [1.82, 2.24) is 5.32 Å². The van der Waals surface area contributed by atoms with Crippen molar-refractivity contribution in [3.63, 3.8) is 0 Å². The summed E-state index contributed by atoms with van der Waals surface area (Å²) in [6.07, 6.45) is -1.87. The molecule has 1 saturated heterocycles. The minimum atomic E-state index is -4.42. The molecule has 1 aromatic heterocycles. The standard InChI is InChI=1S/C25H28F3NO3.C8H6O3S/c1-24(2,3)32-23(31)19-14-16(6-11-22(30)21-5-4-12-29-21)13-18(15-19)17-7-9-20(10-8-17)25(26,27)28;9-12(10)8-5-6-3-1-2-4-7(6)11-8/h7-10,13-15,21,29H,4-6,11-12H2,1-3H3;1-5H,(H,9,10)/p-1/t21-;/m0./s1. The molecule has 0 saturated carbocycles. The molecule has 0 bridgehead atoms. The van der Waals surface area contributed by atoms with E-state index in [2.05, 4.69) is 5.32 Å². The molecule has 2 heterocycles. The van der Waals surface area contributed by atoms with Gasteiger partial charge in [-0.15, -0.1) is 0 Å². The van der Waals surface area contributed by atoms with E-state index < -0.39 is 34.4 Å². The first-order valence-electron chi connectivity index (χ1n) is 14.1. The van der Waals surface area contributed by atoms with Crippen LogP contribution < -0.4 is 5.32 Å². The lowest BCUT2D eigenvalue weighted by molar-refractivity contribution is -0.137. The van der Waals surface area contributed by atoms with Gasteiger partial charge in [-0.2, -0.15) is 13.2 Å². The van der Waals surface area contributed by atoms with Gasteiger partial charge in [0.25, 0.3) is 0 Å². The molecule has 4 aromatic rings. The predicted molar refractivity (Wildman–Crippen MR) is 160 cm³/mol. The van der Waals surface area contributed by atoms with Gasteiger partial charge >= 0.3 is 12.1 Å². The van der Waals surface area contributed by atoms with Crippen molar-refractivity contribution < 1.29 is 40.7 Å². The number of carbonyl (C=O) groups excluding carboxylic acids is 2. The third kappa shape index (κ3) is 9.10. The van der Waals surface area contributed by atoms with Gasteiger partial charge in [0.15, 0.2) is 5.09 Å². The number of rotatable bonds is 7. The van der Waals surface area contributed by atoms with E-state index in [0.717, 1.165) is 42.5 Å². The summed E-state index contributed by atoms with van der Waals surface area (Å²) in [6.45, 7) is 6.12. The summed E-state index contributed by atoms with van der Waals surface area (Å²) in [6, 6.07) is 18.4. The lowest BCUT2D eigenvalue weighted by Crippen LogP contribution is -2.30. The van der Waals surface area contributed by atoms with E-state index in [1.165, 1.54) is 18.2 Å². The molecule has 1 aliphatic heterocycles. The number of Topliss-reactive ketones (excluding diaryl/α,β-unsaturated/α-hetero) is 1. The molecular weight excluding hydrogens is 595 g/mol. The summed E-state index contributed by atoms with van der Waals surface area (Å²) in [4.78, 5) is 25.1. The fraction of sp³-hybridized carbons (Fsp3) is 0.333. The van der Waals surface area contributed by atoms with Crippen molar-refractivity contribution >= 4 is 33.8 Å². The minimum Gasteiger partial charge on any atom is -0.766 e. The number of esters is 1. The molecule has 0 aliphatic carbocycles. The van der Waals surface area contributed by atoms with Gasteiger partial charge in [-0.25, -0.2) is 4.79 Å². The van der Waals surface area contributed by atoms with Crippen LogP contribution in [0.15, 0.2) is 82.3 Å². The Morgan fingerprint density at radius 2 is 1.70 bits per heavy atom. The summed E-state index contributed by atoms with van der Waals surface area (Å²) < 4.78 is 70.2. The number of nitrogens with one attached hydrogen (secondary N) is 1. The SMILES string of the molecule is CC(C)(C)OC(=O)c1cc(CCC(=O)[C@@H]2CCCN2)cc(-c2ccc(C(F)(F)F)cc2)c1.O=S([O-])c1cc2ccccc2o1. The van der Waals surface area contributed by atoms with Crippen molar-refractivity contribution in [3.05, 3.63) is 89.5 Å². The summed E-state index contributed by atoms with van der Waals surface area (Å²) in [5.74, 6) is -0.391. The molecular formula is C33H33F3NO6S-. The molecule has 1 aliphatic rings. The highest BCUT2D eigenvalue weighted by Gasteiger charge is 2.30. The Labute approximate surface area is 256 Å². The second-order valence-electron chi connectivity index (χ2n) is 11.4. The average molecular weight is 629 g/mol. The molecule has 5 rings (SSSR count). The van der Waals surface area contributed by atoms with Gasteiger partial charge in [0.05, 0.1) is 17.2 Å². The van der Waals surface area contributed by atoms with Crippen LogP contribution in [-0.2, 0) is 33.2 Å². The maximum atomic E-state index is 12.9. The van der Waals surface area contributed by atoms with Gasteiger partial charge in [-0.3, -0.25) is 9.00 Å². The quantitative estimate of drug-likeness (QED) is 0.170. The van der Waals surface area contributed by atoms with Crippen molar-refractivity contribution in [2.75, 3.05) is 6.54 Å². The number of furan rings is 1. The first kappa shape index (κ1) is 33.1. The van der Waals surface area contributed by atoms with Crippen LogP contribution in [0.2, 0.25) is 0 Å². The highest BCUT2D eigenvalue weighted by atomic mass is 32.2. The third-order valence-corrected chi connectivity index (χ3v) is 7.38. The molecule has 3 aromatic carbocycles. The van der Waals surface area contributed by atoms with E-state index in [1.807, 2.05) is 12.1 Å². The zero-order valence-corrected chi connectivity index (χ0v) is 25.3. The first-order chi connectivity index (χ1) is 20.7. The Bertz CT molecular complexity index is 1600. The third-order valence-electron chi connectivity index (χ3n) is 6.85. The lowest BCUT2D eigenvalue weighted by atomic mass is 9.95. The fourth-order valence-electron chi connectivity index (χ4n) is 4.75. The van der Waals surface area contributed by atoms with Crippen LogP contribution in [0.5, 0.6) is 0 Å². The van der Waals surface area contributed by atoms with E-state index in [4.69, 9.17) is 9.15 Å². The van der Waals surface area contributed by atoms with Crippen molar-refractivity contribution in [2.24, 2.45) is 0 Å². The van der Waals surface area contributed by atoms with Crippen molar-refractivity contribution in [2.45, 2.75) is 69.4 Å². The summed E-state index contributed by atoms with van der Waals surface area (Å²) in [5.41, 5.74) is 1.38. The fourth-order valence-corrected chi connectivity index (χ4v) is 5.13. The van der Waals surface area contributed by atoms with Crippen LogP contribution in [0.4, 0.5) is 13.2 Å². The van der Waals surface area contributed by atoms with E-state index in [-0.39, 0.29) is 16.9 Å². The van der Waals surface area contributed by atoms with Crippen molar-refractivity contribution in [3.8, 4) is 11.1 Å². The molecule has 1 unspecified atom stereocenters.